The molecule has 0 atom stereocenters. The van der Waals surface area contributed by atoms with Crippen molar-refractivity contribution in [2.75, 3.05) is 11.1 Å². The number of sulfone groups is 1. The molecule has 0 radical (unpaired) electrons. The van der Waals surface area contributed by atoms with Gasteiger partial charge in [0.2, 0.25) is 5.91 Å². The van der Waals surface area contributed by atoms with Gasteiger partial charge in [0.15, 0.2) is 9.84 Å². The molecular weight excluding hydrogens is 288 g/mol. The molecule has 1 amide bonds. The number of carbonyl (C=O) groups excluding carboxylic acids is 1. The zero-order valence-corrected chi connectivity index (χ0v) is 12.2. The van der Waals surface area contributed by atoms with Gasteiger partial charge in [0.25, 0.3) is 0 Å². The number of hydrogen-bond donors (Lipinski definition) is 1. The highest BCUT2D eigenvalue weighted by Gasteiger charge is 2.14. The molecule has 1 aromatic carbocycles. The molecule has 0 aliphatic heterocycles. The van der Waals surface area contributed by atoms with Gasteiger partial charge >= 0.3 is 0 Å². The van der Waals surface area contributed by atoms with E-state index in [9.17, 15) is 13.2 Å². The minimum Gasteiger partial charge on any atom is -0.325 e. The maximum Gasteiger partial charge on any atom is 0.225 e. The topological polar surface area (TPSA) is 76.1 Å². The number of hydrogen-bond acceptors (Lipinski definition) is 4. The summed E-state index contributed by atoms with van der Waals surface area (Å²) in [5.41, 5.74) is 1.29. The Hall–Kier alpha value is -2.21. The Morgan fingerprint density at radius 2 is 1.86 bits per heavy atom. The van der Waals surface area contributed by atoms with Gasteiger partial charge in [-0.05, 0) is 17.7 Å². The Bertz CT molecular complexity index is 685. The van der Waals surface area contributed by atoms with Crippen LogP contribution in [-0.4, -0.2) is 25.1 Å². The molecule has 1 heterocycles. The highest BCUT2D eigenvalue weighted by Crippen LogP contribution is 2.08. The lowest BCUT2D eigenvalue weighted by molar-refractivity contribution is -0.115. The van der Waals surface area contributed by atoms with Crippen LogP contribution in [0.15, 0.2) is 54.9 Å². The van der Waals surface area contributed by atoms with Crippen LogP contribution >= 0.6 is 0 Å². The summed E-state index contributed by atoms with van der Waals surface area (Å²) in [5, 5.41) is 2.61. The van der Waals surface area contributed by atoms with Gasteiger partial charge in [0.05, 0.1) is 23.4 Å². The molecule has 0 unspecified atom stereocenters. The molecule has 0 fully saturated rings. The van der Waals surface area contributed by atoms with E-state index in [-0.39, 0.29) is 23.8 Å². The zero-order valence-electron chi connectivity index (χ0n) is 11.4. The third-order valence-corrected chi connectivity index (χ3v) is 4.41. The Morgan fingerprint density at radius 1 is 1.10 bits per heavy atom. The highest BCUT2D eigenvalue weighted by molar-refractivity contribution is 7.90. The van der Waals surface area contributed by atoms with Crippen molar-refractivity contribution in [1.29, 1.82) is 0 Å². The fourth-order valence-corrected chi connectivity index (χ4v) is 3.15. The van der Waals surface area contributed by atoms with Gasteiger partial charge in [0, 0.05) is 12.6 Å². The standard InChI is InChI=1S/C15H16N2O3S/c18-15(17-14-7-4-9-16-11-14)8-10-21(19,20)12-13-5-2-1-3-6-13/h1-7,9,11H,8,10,12H2,(H,17,18). The van der Waals surface area contributed by atoms with Crippen LogP contribution in [0, 0.1) is 0 Å². The summed E-state index contributed by atoms with van der Waals surface area (Å²) in [6, 6.07) is 12.3. The summed E-state index contributed by atoms with van der Waals surface area (Å²) in [6.07, 6.45) is 3.04. The normalized spacial score (nSPS) is 11.0. The predicted octanol–water partition coefficient (Wildman–Crippen LogP) is 2.03. The summed E-state index contributed by atoms with van der Waals surface area (Å²) in [5.74, 6) is -0.554. The van der Waals surface area contributed by atoms with Gasteiger partial charge in [-0.25, -0.2) is 8.42 Å². The summed E-state index contributed by atoms with van der Waals surface area (Å²) in [4.78, 5) is 15.6. The first kappa shape index (κ1) is 15.2. The second-order valence-electron chi connectivity index (χ2n) is 4.62. The van der Waals surface area contributed by atoms with Gasteiger partial charge < -0.3 is 5.32 Å². The number of rotatable bonds is 6. The molecular formula is C15H16N2O3S. The molecule has 6 heteroatoms. The van der Waals surface area contributed by atoms with Crippen molar-refractivity contribution in [2.45, 2.75) is 12.2 Å². The number of benzene rings is 1. The van der Waals surface area contributed by atoms with Crippen molar-refractivity contribution in [3.8, 4) is 0 Å². The minimum absolute atomic E-state index is 0.0476. The van der Waals surface area contributed by atoms with Crippen LogP contribution in [0.25, 0.3) is 0 Å². The third kappa shape index (κ3) is 5.35. The van der Waals surface area contributed by atoms with Crippen molar-refractivity contribution in [1.82, 2.24) is 4.98 Å². The average Bonchev–Trinajstić information content (AvgIpc) is 2.47. The van der Waals surface area contributed by atoms with Gasteiger partial charge in [-0.1, -0.05) is 30.3 Å². The van der Waals surface area contributed by atoms with Crippen LogP contribution in [-0.2, 0) is 20.4 Å². The molecule has 21 heavy (non-hydrogen) atoms. The monoisotopic (exact) mass is 304 g/mol. The molecule has 5 nitrogen and oxygen atoms in total. The lowest BCUT2D eigenvalue weighted by atomic mass is 10.2. The van der Waals surface area contributed by atoms with E-state index >= 15 is 0 Å². The zero-order chi connectivity index (χ0) is 15.1. The quantitative estimate of drug-likeness (QED) is 0.886. The molecule has 2 rings (SSSR count). The molecule has 110 valence electrons. The van der Waals surface area contributed by atoms with Crippen molar-refractivity contribution in [3.63, 3.8) is 0 Å². The number of aromatic nitrogens is 1. The first-order valence-corrected chi connectivity index (χ1v) is 8.31. The van der Waals surface area contributed by atoms with Gasteiger partial charge in [0.1, 0.15) is 0 Å². The molecule has 1 N–H and O–H groups in total. The van der Waals surface area contributed by atoms with E-state index in [0.29, 0.717) is 5.69 Å². The SMILES string of the molecule is O=C(CCS(=O)(=O)Cc1ccccc1)Nc1cccnc1. The largest absolute Gasteiger partial charge is 0.325 e. The van der Waals surface area contributed by atoms with E-state index in [0.717, 1.165) is 5.56 Å². The molecule has 0 aliphatic rings. The van der Waals surface area contributed by atoms with Crippen molar-refractivity contribution >= 4 is 21.4 Å². The Labute approximate surface area is 124 Å². The number of anilines is 1. The molecule has 0 bridgehead atoms. The van der Waals surface area contributed by atoms with Crippen LogP contribution in [0.5, 0.6) is 0 Å². The first-order valence-electron chi connectivity index (χ1n) is 6.49. The van der Waals surface area contributed by atoms with E-state index in [1.165, 1.54) is 6.20 Å². The van der Waals surface area contributed by atoms with Crippen molar-refractivity contribution < 1.29 is 13.2 Å². The maximum atomic E-state index is 12.0. The molecule has 2 aromatic rings. The summed E-state index contributed by atoms with van der Waals surface area (Å²) >= 11 is 0. The number of pyridine rings is 1. The number of nitrogens with one attached hydrogen (secondary N) is 1. The van der Waals surface area contributed by atoms with Crippen molar-refractivity contribution in [2.24, 2.45) is 0 Å². The summed E-state index contributed by atoms with van der Waals surface area (Å²) in [6.45, 7) is 0. The smallest absolute Gasteiger partial charge is 0.225 e. The van der Waals surface area contributed by atoms with Gasteiger partial charge in [-0.2, -0.15) is 0 Å². The fraction of sp³-hybridized carbons (Fsp3) is 0.200. The first-order chi connectivity index (χ1) is 10.1. The lowest BCUT2D eigenvalue weighted by Gasteiger charge is -2.06. The number of amides is 1. The molecule has 0 spiro atoms. The fourth-order valence-electron chi connectivity index (χ4n) is 1.81. The number of nitrogens with zero attached hydrogens (tertiary/aromatic N) is 1. The van der Waals surface area contributed by atoms with Gasteiger partial charge in [-0.3, -0.25) is 9.78 Å². The molecule has 0 saturated heterocycles. The Kier molecular flexibility index (Phi) is 5.05. The van der Waals surface area contributed by atoms with E-state index in [4.69, 9.17) is 0 Å². The summed E-state index contributed by atoms with van der Waals surface area (Å²) < 4.78 is 23.9. The Balaban J connectivity index is 1.85. The average molecular weight is 304 g/mol. The van der Waals surface area contributed by atoms with E-state index in [1.54, 1.807) is 42.6 Å². The minimum atomic E-state index is -3.30. The van der Waals surface area contributed by atoms with E-state index in [2.05, 4.69) is 10.3 Å². The van der Waals surface area contributed by atoms with Crippen LogP contribution in [0.1, 0.15) is 12.0 Å². The Morgan fingerprint density at radius 3 is 2.52 bits per heavy atom. The van der Waals surface area contributed by atoms with E-state index < -0.39 is 9.84 Å². The second-order valence-corrected chi connectivity index (χ2v) is 6.80. The molecule has 1 aromatic heterocycles. The number of carbonyl (C=O) groups is 1. The molecule has 0 saturated carbocycles. The summed E-state index contributed by atoms with van der Waals surface area (Å²) in [7, 11) is -3.30. The second kappa shape index (κ2) is 6.99. The lowest BCUT2D eigenvalue weighted by Crippen LogP contribution is -2.18. The highest BCUT2D eigenvalue weighted by atomic mass is 32.2. The van der Waals surface area contributed by atoms with Crippen LogP contribution < -0.4 is 5.32 Å². The molecule has 0 aliphatic carbocycles. The maximum absolute atomic E-state index is 12.0. The van der Waals surface area contributed by atoms with Crippen molar-refractivity contribution in [3.05, 3.63) is 60.4 Å². The third-order valence-electron chi connectivity index (χ3n) is 2.81. The van der Waals surface area contributed by atoms with Crippen LogP contribution in [0.3, 0.4) is 0 Å². The van der Waals surface area contributed by atoms with Crippen LogP contribution in [0.2, 0.25) is 0 Å². The van der Waals surface area contributed by atoms with Gasteiger partial charge in [-0.15, -0.1) is 0 Å². The van der Waals surface area contributed by atoms with Crippen LogP contribution in [0.4, 0.5) is 5.69 Å². The van der Waals surface area contributed by atoms with E-state index in [1.807, 2.05) is 6.07 Å². The predicted molar refractivity (Wildman–Crippen MR) is 81.4 cm³/mol.